The molecule has 2 fully saturated rings. The van der Waals surface area contributed by atoms with Crippen LogP contribution in [0, 0.1) is 5.92 Å². The Hall–Kier alpha value is -1.29. The Morgan fingerprint density at radius 3 is 1.82 bits per heavy atom. The number of halogens is 3. The van der Waals surface area contributed by atoms with Gasteiger partial charge in [0.15, 0.2) is 0 Å². The summed E-state index contributed by atoms with van der Waals surface area (Å²) in [5.41, 5.74) is 2.78. The normalized spacial score (nSPS) is 29.3. The van der Waals surface area contributed by atoms with E-state index in [1.807, 2.05) is 0 Å². The fourth-order valence-corrected chi connectivity index (χ4v) is 4.78. The molecule has 0 amide bonds. The van der Waals surface area contributed by atoms with E-state index in [2.05, 4.69) is 31.2 Å². The number of alkyl halides is 3. The van der Waals surface area contributed by atoms with Gasteiger partial charge in [-0.15, -0.1) is 0 Å². The lowest BCUT2D eigenvalue weighted by atomic mass is 9.77. The third-order valence-corrected chi connectivity index (χ3v) is 6.44. The summed E-state index contributed by atoms with van der Waals surface area (Å²) in [5.74, 6) is 1.20. The maximum absolute atomic E-state index is 12.3. The van der Waals surface area contributed by atoms with Crippen molar-refractivity contribution in [1.82, 2.24) is 0 Å². The first-order valence-corrected chi connectivity index (χ1v) is 10.9. The Balaban J connectivity index is 1.47. The summed E-state index contributed by atoms with van der Waals surface area (Å²) >= 11 is 0. The van der Waals surface area contributed by atoms with Crippen LogP contribution in [0.25, 0.3) is 0 Å². The van der Waals surface area contributed by atoms with Crippen LogP contribution in [0.15, 0.2) is 36.4 Å². The van der Waals surface area contributed by atoms with Gasteiger partial charge in [-0.3, -0.25) is 0 Å². The van der Waals surface area contributed by atoms with E-state index in [1.165, 1.54) is 30.0 Å². The second kappa shape index (κ2) is 9.96. The molecule has 0 radical (unpaired) electrons. The van der Waals surface area contributed by atoms with Gasteiger partial charge in [0.05, 0.1) is 6.10 Å². The predicted molar refractivity (Wildman–Crippen MR) is 108 cm³/mol. The van der Waals surface area contributed by atoms with Crippen LogP contribution in [0.5, 0.6) is 0 Å². The van der Waals surface area contributed by atoms with Crippen molar-refractivity contribution in [3.63, 3.8) is 0 Å². The summed E-state index contributed by atoms with van der Waals surface area (Å²) in [6.45, 7) is 3.02. The Labute approximate surface area is 167 Å². The number of allylic oxidation sites excluding steroid dienone is 2. The molecule has 0 bridgehead atoms. The second-order valence-electron chi connectivity index (χ2n) is 8.52. The van der Waals surface area contributed by atoms with Crippen molar-refractivity contribution < 1.29 is 17.9 Å². The Morgan fingerprint density at radius 1 is 0.857 bits per heavy atom. The van der Waals surface area contributed by atoms with Gasteiger partial charge >= 0.3 is 6.18 Å². The molecular weight excluding hydrogens is 361 g/mol. The van der Waals surface area contributed by atoms with Crippen molar-refractivity contribution >= 4 is 0 Å². The van der Waals surface area contributed by atoms with Gasteiger partial charge in [-0.1, -0.05) is 37.3 Å². The van der Waals surface area contributed by atoms with Crippen LogP contribution < -0.4 is 0 Å². The third kappa shape index (κ3) is 6.37. The molecule has 0 heterocycles. The molecule has 0 unspecified atom stereocenters. The fraction of sp³-hybridized carbons (Fsp3) is 0.667. The van der Waals surface area contributed by atoms with Crippen LogP contribution in [-0.4, -0.2) is 18.9 Å². The molecule has 2 aliphatic carbocycles. The molecule has 2 saturated carbocycles. The van der Waals surface area contributed by atoms with Gasteiger partial charge in [-0.05, 0) is 86.7 Å². The van der Waals surface area contributed by atoms with E-state index in [9.17, 15) is 13.2 Å². The summed E-state index contributed by atoms with van der Waals surface area (Å²) in [4.78, 5) is 0. The standard InChI is InChI=1S/C24H33F3O/c1-2-17-28-23-13-11-22(12-14-23)21-9-7-20(8-10-21)19-5-3-18(4-6-19)15-16-24(25,26)27/h7-10,15-16,18-19,22-23H,2-6,11-14,17H2,1H3. The van der Waals surface area contributed by atoms with E-state index in [0.29, 0.717) is 24.0 Å². The Kier molecular flexibility index (Phi) is 7.62. The Morgan fingerprint density at radius 2 is 1.36 bits per heavy atom. The summed E-state index contributed by atoms with van der Waals surface area (Å²) < 4.78 is 42.9. The van der Waals surface area contributed by atoms with Gasteiger partial charge in [0, 0.05) is 12.7 Å². The van der Waals surface area contributed by atoms with Gasteiger partial charge in [0.2, 0.25) is 0 Å². The molecule has 1 aromatic rings. The van der Waals surface area contributed by atoms with Gasteiger partial charge in [0.25, 0.3) is 0 Å². The molecule has 1 nitrogen and oxygen atoms in total. The van der Waals surface area contributed by atoms with Crippen molar-refractivity contribution in [3.8, 4) is 0 Å². The molecule has 4 heteroatoms. The van der Waals surface area contributed by atoms with E-state index in [1.54, 1.807) is 0 Å². The van der Waals surface area contributed by atoms with Crippen molar-refractivity contribution in [2.24, 2.45) is 5.92 Å². The number of ether oxygens (including phenoxy) is 1. The molecule has 156 valence electrons. The summed E-state index contributed by atoms with van der Waals surface area (Å²) in [7, 11) is 0. The highest BCUT2D eigenvalue weighted by Gasteiger charge is 2.26. The zero-order valence-electron chi connectivity index (χ0n) is 16.9. The van der Waals surface area contributed by atoms with Crippen molar-refractivity contribution in [3.05, 3.63) is 47.5 Å². The van der Waals surface area contributed by atoms with E-state index >= 15 is 0 Å². The first-order valence-electron chi connectivity index (χ1n) is 10.9. The third-order valence-electron chi connectivity index (χ3n) is 6.44. The monoisotopic (exact) mass is 394 g/mol. The molecule has 0 N–H and O–H groups in total. The molecule has 2 aliphatic rings. The maximum Gasteiger partial charge on any atom is 0.409 e. The smallest absolute Gasteiger partial charge is 0.378 e. The highest BCUT2D eigenvalue weighted by atomic mass is 19.4. The first-order chi connectivity index (χ1) is 13.4. The molecule has 0 aliphatic heterocycles. The molecule has 0 spiro atoms. The quantitative estimate of drug-likeness (QED) is 0.453. The first kappa shape index (κ1) is 21.4. The summed E-state index contributed by atoms with van der Waals surface area (Å²) in [5, 5.41) is 0. The van der Waals surface area contributed by atoms with E-state index in [0.717, 1.165) is 51.6 Å². The number of hydrogen-bond donors (Lipinski definition) is 0. The molecule has 1 aromatic carbocycles. The summed E-state index contributed by atoms with van der Waals surface area (Å²) in [6, 6.07) is 9.07. The van der Waals surface area contributed by atoms with Gasteiger partial charge in [-0.25, -0.2) is 0 Å². The van der Waals surface area contributed by atoms with Crippen LogP contribution in [0.2, 0.25) is 0 Å². The summed E-state index contributed by atoms with van der Waals surface area (Å²) in [6.07, 6.45) is 7.47. The lowest BCUT2D eigenvalue weighted by molar-refractivity contribution is -0.0803. The molecular formula is C24H33F3O. The number of benzene rings is 1. The highest BCUT2D eigenvalue weighted by Crippen LogP contribution is 2.39. The lowest BCUT2D eigenvalue weighted by Crippen LogP contribution is -2.21. The van der Waals surface area contributed by atoms with Crippen LogP contribution in [0.4, 0.5) is 13.2 Å². The van der Waals surface area contributed by atoms with Gasteiger partial charge in [-0.2, -0.15) is 13.2 Å². The van der Waals surface area contributed by atoms with Crippen LogP contribution in [0.1, 0.15) is 87.7 Å². The molecule has 0 saturated heterocycles. The number of rotatable bonds is 6. The maximum atomic E-state index is 12.3. The van der Waals surface area contributed by atoms with Gasteiger partial charge in [0.1, 0.15) is 0 Å². The zero-order chi connectivity index (χ0) is 20.0. The van der Waals surface area contributed by atoms with E-state index in [-0.39, 0.29) is 5.92 Å². The van der Waals surface area contributed by atoms with Crippen LogP contribution in [0.3, 0.4) is 0 Å². The van der Waals surface area contributed by atoms with Crippen molar-refractivity contribution in [1.29, 1.82) is 0 Å². The van der Waals surface area contributed by atoms with E-state index in [4.69, 9.17) is 4.74 Å². The van der Waals surface area contributed by atoms with Crippen molar-refractivity contribution in [2.75, 3.05) is 6.61 Å². The minimum atomic E-state index is -4.19. The largest absolute Gasteiger partial charge is 0.409 e. The Bertz CT molecular complexity index is 604. The average molecular weight is 395 g/mol. The van der Waals surface area contributed by atoms with Gasteiger partial charge < -0.3 is 4.74 Å². The van der Waals surface area contributed by atoms with Crippen molar-refractivity contribution in [2.45, 2.75) is 88.8 Å². The predicted octanol–water partition coefficient (Wildman–Crippen LogP) is 7.53. The minimum absolute atomic E-state index is 0.0715. The topological polar surface area (TPSA) is 9.23 Å². The molecule has 0 atom stereocenters. The number of hydrogen-bond acceptors (Lipinski definition) is 1. The minimum Gasteiger partial charge on any atom is -0.378 e. The fourth-order valence-electron chi connectivity index (χ4n) is 4.78. The lowest BCUT2D eigenvalue weighted by Gasteiger charge is -2.30. The van der Waals surface area contributed by atoms with E-state index < -0.39 is 6.18 Å². The second-order valence-corrected chi connectivity index (χ2v) is 8.52. The average Bonchev–Trinajstić information content (AvgIpc) is 2.71. The molecule has 3 rings (SSSR count). The van der Waals surface area contributed by atoms with Crippen LogP contribution >= 0.6 is 0 Å². The molecule has 0 aromatic heterocycles. The zero-order valence-corrected chi connectivity index (χ0v) is 16.9. The SMILES string of the molecule is CCCOC1CCC(c2ccc(C3CCC(C=CC(F)(F)F)CC3)cc2)CC1. The molecule has 28 heavy (non-hydrogen) atoms. The van der Waals surface area contributed by atoms with Crippen LogP contribution in [-0.2, 0) is 4.74 Å². The highest BCUT2D eigenvalue weighted by molar-refractivity contribution is 5.28.